The molecule has 8 heteroatoms. The number of nitrogens with two attached hydrogens (primary N) is 1. The number of nitrogens with one attached hydrogen (secondary N) is 2. The maximum Gasteiger partial charge on any atom is 0.284 e. The summed E-state index contributed by atoms with van der Waals surface area (Å²) in [7, 11) is 0. The molecule has 0 spiro atoms. The van der Waals surface area contributed by atoms with E-state index < -0.39 is 5.91 Å². The molecule has 0 saturated heterocycles. The van der Waals surface area contributed by atoms with E-state index in [-0.39, 0.29) is 5.76 Å². The van der Waals surface area contributed by atoms with Gasteiger partial charge in [0, 0.05) is 18.5 Å². The third-order valence-electron chi connectivity index (χ3n) is 3.68. The van der Waals surface area contributed by atoms with Gasteiger partial charge in [-0.2, -0.15) is 0 Å². The summed E-state index contributed by atoms with van der Waals surface area (Å²) in [4.78, 5) is 15.7. The monoisotopic (exact) mass is 347 g/mol. The smallest absolute Gasteiger partial charge is 0.284 e. The SMILES string of the molecule is CCNC(=NCc1c(CC)noc1CC)NCc1ccc(C(N)=O)o1. The summed E-state index contributed by atoms with van der Waals surface area (Å²) in [5.41, 5.74) is 7.16. The number of primary amides is 1. The zero-order chi connectivity index (χ0) is 18.2. The number of hydrogen-bond donors (Lipinski definition) is 3. The van der Waals surface area contributed by atoms with E-state index in [1.165, 1.54) is 0 Å². The third kappa shape index (κ3) is 4.85. The molecule has 0 unspecified atom stereocenters. The first kappa shape index (κ1) is 18.6. The van der Waals surface area contributed by atoms with Crippen LogP contribution in [0.15, 0.2) is 26.1 Å². The Bertz CT molecular complexity index is 711. The lowest BCUT2D eigenvalue weighted by molar-refractivity contribution is 0.0972. The first-order valence-corrected chi connectivity index (χ1v) is 8.45. The van der Waals surface area contributed by atoms with Gasteiger partial charge in [-0.05, 0) is 25.5 Å². The first-order valence-electron chi connectivity index (χ1n) is 8.45. The maximum absolute atomic E-state index is 11.1. The fraction of sp³-hybridized carbons (Fsp3) is 0.471. The lowest BCUT2D eigenvalue weighted by Gasteiger charge is -2.10. The molecule has 0 aliphatic carbocycles. The highest BCUT2D eigenvalue weighted by molar-refractivity contribution is 5.89. The van der Waals surface area contributed by atoms with Crippen LogP contribution in [0.1, 0.15) is 54.1 Å². The first-order chi connectivity index (χ1) is 12.1. The molecule has 2 rings (SSSR count). The van der Waals surface area contributed by atoms with Gasteiger partial charge in [0.15, 0.2) is 11.7 Å². The Kier molecular flexibility index (Phi) is 6.62. The minimum atomic E-state index is -0.585. The van der Waals surface area contributed by atoms with Crippen molar-refractivity contribution in [2.24, 2.45) is 10.7 Å². The Morgan fingerprint density at radius 1 is 1.24 bits per heavy atom. The number of aryl methyl sites for hydroxylation is 2. The van der Waals surface area contributed by atoms with Crippen molar-refractivity contribution in [3.63, 3.8) is 0 Å². The molecule has 0 saturated carbocycles. The molecule has 2 aromatic heterocycles. The van der Waals surface area contributed by atoms with Crippen molar-refractivity contribution in [3.05, 3.63) is 40.7 Å². The van der Waals surface area contributed by atoms with E-state index in [0.717, 1.165) is 36.4 Å². The molecule has 0 aliphatic heterocycles. The van der Waals surface area contributed by atoms with Gasteiger partial charge in [-0.1, -0.05) is 19.0 Å². The van der Waals surface area contributed by atoms with Crippen molar-refractivity contribution in [1.82, 2.24) is 15.8 Å². The summed E-state index contributed by atoms with van der Waals surface area (Å²) < 4.78 is 10.7. The van der Waals surface area contributed by atoms with Gasteiger partial charge < -0.3 is 25.3 Å². The van der Waals surface area contributed by atoms with Crippen LogP contribution in [0.2, 0.25) is 0 Å². The predicted molar refractivity (Wildman–Crippen MR) is 94.1 cm³/mol. The number of hydrogen-bond acceptors (Lipinski definition) is 5. The van der Waals surface area contributed by atoms with E-state index in [1.807, 2.05) is 20.8 Å². The summed E-state index contributed by atoms with van der Waals surface area (Å²) in [5.74, 6) is 1.67. The Morgan fingerprint density at radius 3 is 2.64 bits per heavy atom. The van der Waals surface area contributed by atoms with Gasteiger partial charge in [0.2, 0.25) is 0 Å². The number of carbonyl (C=O) groups is 1. The minimum absolute atomic E-state index is 0.142. The molecule has 2 heterocycles. The number of rotatable bonds is 8. The van der Waals surface area contributed by atoms with Gasteiger partial charge in [-0.25, -0.2) is 4.99 Å². The molecule has 0 aromatic carbocycles. The van der Waals surface area contributed by atoms with Crippen molar-refractivity contribution in [2.75, 3.05) is 6.54 Å². The minimum Gasteiger partial charge on any atom is -0.454 e. The Balaban J connectivity index is 2.05. The van der Waals surface area contributed by atoms with E-state index in [0.29, 0.717) is 24.8 Å². The van der Waals surface area contributed by atoms with E-state index in [9.17, 15) is 4.79 Å². The number of aliphatic imine (C=N–C) groups is 1. The Hall–Kier alpha value is -2.77. The second-order valence-corrected chi connectivity index (χ2v) is 5.42. The molecule has 0 atom stereocenters. The molecule has 0 aliphatic rings. The summed E-state index contributed by atoms with van der Waals surface area (Å²) >= 11 is 0. The van der Waals surface area contributed by atoms with E-state index in [2.05, 4.69) is 20.8 Å². The molecule has 0 bridgehead atoms. The quantitative estimate of drug-likeness (QED) is 0.494. The normalized spacial score (nSPS) is 11.6. The summed E-state index contributed by atoms with van der Waals surface area (Å²) in [6.45, 7) is 7.66. The van der Waals surface area contributed by atoms with Crippen molar-refractivity contribution >= 4 is 11.9 Å². The van der Waals surface area contributed by atoms with Gasteiger partial charge in [-0.15, -0.1) is 0 Å². The van der Waals surface area contributed by atoms with Crippen LogP contribution in [0.4, 0.5) is 0 Å². The summed E-state index contributed by atoms with van der Waals surface area (Å²) in [6, 6.07) is 3.27. The van der Waals surface area contributed by atoms with Crippen molar-refractivity contribution in [2.45, 2.75) is 46.7 Å². The van der Waals surface area contributed by atoms with Crippen LogP contribution in [0.5, 0.6) is 0 Å². The predicted octanol–water partition coefficient (Wildman–Crippen LogP) is 1.75. The van der Waals surface area contributed by atoms with Crippen LogP contribution in [0.25, 0.3) is 0 Å². The molecule has 0 radical (unpaired) electrons. The lowest BCUT2D eigenvalue weighted by Crippen LogP contribution is -2.36. The molecule has 25 heavy (non-hydrogen) atoms. The van der Waals surface area contributed by atoms with Crippen molar-refractivity contribution in [1.29, 1.82) is 0 Å². The van der Waals surface area contributed by atoms with Crippen LogP contribution < -0.4 is 16.4 Å². The number of guanidine groups is 1. The number of amides is 1. The van der Waals surface area contributed by atoms with Gasteiger partial charge in [0.1, 0.15) is 11.5 Å². The number of carbonyl (C=O) groups excluding carboxylic acids is 1. The average molecular weight is 347 g/mol. The number of furan rings is 1. The van der Waals surface area contributed by atoms with Gasteiger partial charge in [-0.3, -0.25) is 4.79 Å². The highest BCUT2D eigenvalue weighted by Crippen LogP contribution is 2.16. The number of nitrogens with zero attached hydrogens (tertiary/aromatic N) is 2. The van der Waals surface area contributed by atoms with Gasteiger partial charge in [0.05, 0.1) is 18.8 Å². The highest BCUT2D eigenvalue weighted by atomic mass is 16.5. The standard InChI is InChI=1S/C17H25N5O3/c1-4-13-12(14(5-2)25-22-13)10-21-17(19-6-3)20-9-11-7-8-15(24-11)16(18)23/h7-8H,4-6,9-10H2,1-3H3,(H2,18,23)(H2,19,20,21). The number of aromatic nitrogens is 1. The fourth-order valence-electron chi connectivity index (χ4n) is 2.39. The molecule has 136 valence electrons. The van der Waals surface area contributed by atoms with Crippen LogP contribution in [-0.4, -0.2) is 23.6 Å². The summed E-state index contributed by atoms with van der Waals surface area (Å²) in [6.07, 6.45) is 1.59. The second kappa shape index (κ2) is 8.91. The average Bonchev–Trinajstić information content (AvgIpc) is 3.23. The van der Waals surface area contributed by atoms with Crippen LogP contribution in [0.3, 0.4) is 0 Å². The van der Waals surface area contributed by atoms with E-state index in [4.69, 9.17) is 14.7 Å². The van der Waals surface area contributed by atoms with Crippen LogP contribution >= 0.6 is 0 Å². The third-order valence-corrected chi connectivity index (χ3v) is 3.68. The highest BCUT2D eigenvalue weighted by Gasteiger charge is 2.13. The molecular weight excluding hydrogens is 322 g/mol. The summed E-state index contributed by atoms with van der Waals surface area (Å²) in [5, 5.41) is 10.4. The topological polar surface area (TPSA) is 119 Å². The van der Waals surface area contributed by atoms with Gasteiger partial charge in [0.25, 0.3) is 5.91 Å². The van der Waals surface area contributed by atoms with Crippen LogP contribution in [0, 0.1) is 0 Å². The zero-order valence-corrected chi connectivity index (χ0v) is 14.9. The molecule has 0 fully saturated rings. The zero-order valence-electron chi connectivity index (χ0n) is 14.9. The maximum atomic E-state index is 11.1. The molecular formula is C17H25N5O3. The molecule has 1 amide bonds. The largest absolute Gasteiger partial charge is 0.454 e. The van der Waals surface area contributed by atoms with Crippen molar-refractivity contribution in [3.8, 4) is 0 Å². The Labute approximate surface area is 146 Å². The molecule has 4 N–H and O–H groups in total. The Morgan fingerprint density at radius 2 is 2.04 bits per heavy atom. The molecule has 2 aromatic rings. The van der Waals surface area contributed by atoms with Gasteiger partial charge >= 0.3 is 0 Å². The lowest BCUT2D eigenvalue weighted by atomic mass is 10.1. The van der Waals surface area contributed by atoms with E-state index in [1.54, 1.807) is 12.1 Å². The van der Waals surface area contributed by atoms with Crippen LogP contribution in [-0.2, 0) is 25.9 Å². The fourth-order valence-corrected chi connectivity index (χ4v) is 2.39. The second-order valence-electron chi connectivity index (χ2n) is 5.42. The molecule has 8 nitrogen and oxygen atoms in total. The van der Waals surface area contributed by atoms with Crippen molar-refractivity contribution < 1.29 is 13.7 Å². The van der Waals surface area contributed by atoms with E-state index >= 15 is 0 Å².